The molecule has 0 bridgehead atoms. The molecule has 2 unspecified atom stereocenters. The highest BCUT2D eigenvalue weighted by atomic mass is 127. The topological polar surface area (TPSA) is 73.8 Å². The maximum atomic E-state index is 11.5. The van der Waals surface area contributed by atoms with Gasteiger partial charge in [0.05, 0.1) is 6.26 Å². The number of rotatable bonds is 6. The van der Waals surface area contributed by atoms with E-state index in [-0.39, 0.29) is 24.0 Å². The number of guanidine groups is 1. The van der Waals surface area contributed by atoms with Crippen LogP contribution >= 0.6 is 24.0 Å². The number of nitrogens with one attached hydrogen (secondary N) is 2. The van der Waals surface area contributed by atoms with E-state index in [1.807, 2.05) is 13.8 Å². The van der Waals surface area contributed by atoms with E-state index < -0.39 is 15.6 Å². The molecule has 2 N–H and O–H groups in total. The molecule has 1 aliphatic rings. The summed E-state index contributed by atoms with van der Waals surface area (Å²) in [5.74, 6) is 1.99. The normalized spacial score (nSPS) is 21.2. The van der Waals surface area contributed by atoms with Crippen LogP contribution in [-0.2, 0) is 10.0 Å². The summed E-state index contributed by atoms with van der Waals surface area (Å²) in [5, 5.41) is 3.35. The standard InChI is InChI=1S/C20H34N4O2S.HI/c1-6-16-14-24(13-12-18(16)17-10-8-7-9-11-17)19(21-4)22-15-20(2,3)23-27(5,25)26;/h7-11,16,18,23H,6,12-15H2,1-5H3,(H,21,22);1H. The predicted molar refractivity (Wildman–Crippen MR) is 128 cm³/mol. The third-order valence-corrected chi connectivity index (χ3v) is 6.07. The van der Waals surface area contributed by atoms with Crippen LogP contribution in [0.15, 0.2) is 35.3 Å². The molecule has 0 saturated carbocycles. The maximum absolute atomic E-state index is 11.5. The fraction of sp³-hybridized carbons (Fsp3) is 0.650. The summed E-state index contributed by atoms with van der Waals surface area (Å²) < 4.78 is 25.7. The van der Waals surface area contributed by atoms with Gasteiger partial charge in [0.25, 0.3) is 0 Å². The third-order valence-electron chi connectivity index (χ3n) is 5.15. The third kappa shape index (κ3) is 7.51. The summed E-state index contributed by atoms with van der Waals surface area (Å²) in [4.78, 5) is 6.73. The fourth-order valence-electron chi connectivity index (χ4n) is 3.95. The summed E-state index contributed by atoms with van der Waals surface area (Å²) in [6.07, 6.45) is 3.39. The lowest BCUT2D eigenvalue weighted by Crippen LogP contribution is -2.55. The predicted octanol–water partition coefficient (Wildman–Crippen LogP) is 3.02. The van der Waals surface area contributed by atoms with Crippen LogP contribution in [0.1, 0.15) is 45.1 Å². The van der Waals surface area contributed by atoms with E-state index in [1.54, 1.807) is 7.05 Å². The van der Waals surface area contributed by atoms with Gasteiger partial charge in [0.15, 0.2) is 5.96 Å². The minimum absolute atomic E-state index is 0. The Morgan fingerprint density at radius 1 is 1.29 bits per heavy atom. The molecular formula is C20H35IN4O2S. The second kappa shape index (κ2) is 10.8. The number of piperidine rings is 1. The van der Waals surface area contributed by atoms with Gasteiger partial charge in [0, 0.05) is 32.2 Å². The Bertz CT molecular complexity index is 738. The molecule has 1 aromatic rings. The van der Waals surface area contributed by atoms with Crippen LogP contribution < -0.4 is 10.0 Å². The SMILES string of the molecule is CCC1CN(C(=NC)NCC(C)(C)NS(C)(=O)=O)CCC1c1ccccc1.I. The van der Waals surface area contributed by atoms with Crippen LogP contribution in [0.4, 0.5) is 0 Å². The first-order valence-electron chi connectivity index (χ1n) is 9.64. The van der Waals surface area contributed by atoms with Crippen LogP contribution in [-0.4, -0.2) is 57.8 Å². The van der Waals surface area contributed by atoms with Crippen LogP contribution in [0.25, 0.3) is 0 Å². The van der Waals surface area contributed by atoms with Crippen molar-refractivity contribution >= 4 is 40.0 Å². The molecule has 8 heteroatoms. The second-order valence-corrected chi connectivity index (χ2v) is 9.83. The number of sulfonamides is 1. The van der Waals surface area contributed by atoms with E-state index in [1.165, 1.54) is 11.8 Å². The van der Waals surface area contributed by atoms with Crippen molar-refractivity contribution < 1.29 is 8.42 Å². The van der Waals surface area contributed by atoms with Crippen molar-refractivity contribution in [2.24, 2.45) is 10.9 Å². The molecule has 0 spiro atoms. The van der Waals surface area contributed by atoms with Gasteiger partial charge in [-0.1, -0.05) is 43.7 Å². The first kappa shape index (κ1) is 25.2. The monoisotopic (exact) mass is 522 g/mol. The summed E-state index contributed by atoms with van der Waals surface area (Å²) >= 11 is 0. The van der Waals surface area contributed by atoms with Crippen LogP contribution in [0.5, 0.6) is 0 Å². The number of aliphatic imine (C=N–C) groups is 1. The summed E-state index contributed by atoms with van der Waals surface area (Å²) in [6, 6.07) is 10.8. The zero-order valence-corrected chi connectivity index (χ0v) is 20.8. The molecule has 160 valence electrons. The van der Waals surface area contributed by atoms with Crippen molar-refractivity contribution in [1.82, 2.24) is 14.9 Å². The molecule has 2 rings (SSSR count). The minimum atomic E-state index is -3.26. The Kier molecular flexibility index (Phi) is 9.69. The van der Waals surface area contributed by atoms with Gasteiger partial charge in [0.2, 0.25) is 10.0 Å². The van der Waals surface area contributed by atoms with Gasteiger partial charge in [-0.05, 0) is 37.7 Å². The van der Waals surface area contributed by atoms with Gasteiger partial charge >= 0.3 is 0 Å². The fourth-order valence-corrected chi connectivity index (χ4v) is 5.02. The molecule has 1 aromatic carbocycles. The first-order valence-corrected chi connectivity index (χ1v) is 11.5. The molecule has 0 radical (unpaired) electrons. The Morgan fingerprint density at radius 3 is 2.46 bits per heavy atom. The highest BCUT2D eigenvalue weighted by molar-refractivity contribution is 14.0. The van der Waals surface area contributed by atoms with Crippen molar-refractivity contribution in [1.29, 1.82) is 0 Å². The van der Waals surface area contributed by atoms with E-state index in [9.17, 15) is 8.42 Å². The van der Waals surface area contributed by atoms with Crippen molar-refractivity contribution in [3.05, 3.63) is 35.9 Å². The van der Waals surface area contributed by atoms with Gasteiger partial charge in [-0.2, -0.15) is 0 Å². The smallest absolute Gasteiger partial charge is 0.209 e. The van der Waals surface area contributed by atoms with Crippen LogP contribution in [0.3, 0.4) is 0 Å². The van der Waals surface area contributed by atoms with E-state index in [0.717, 1.165) is 31.9 Å². The van der Waals surface area contributed by atoms with Gasteiger partial charge < -0.3 is 10.2 Å². The Balaban J connectivity index is 0.00000392. The van der Waals surface area contributed by atoms with E-state index in [2.05, 4.69) is 57.2 Å². The molecule has 0 amide bonds. The molecule has 2 atom stereocenters. The van der Waals surface area contributed by atoms with Crippen molar-refractivity contribution in [3.8, 4) is 0 Å². The molecular weight excluding hydrogens is 487 g/mol. The molecule has 1 heterocycles. The highest BCUT2D eigenvalue weighted by Gasteiger charge is 2.31. The molecule has 28 heavy (non-hydrogen) atoms. The average molecular weight is 522 g/mol. The Labute approximate surface area is 187 Å². The zero-order valence-electron chi connectivity index (χ0n) is 17.6. The number of halogens is 1. The number of hydrogen-bond donors (Lipinski definition) is 2. The number of hydrogen-bond acceptors (Lipinski definition) is 3. The van der Waals surface area contributed by atoms with Crippen molar-refractivity contribution in [3.63, 3.8) is 0 Å². The molecule has 1 aliphatic heterocycles. The highest BCUT2D eigenvalue weighted by Crippen LogP contribution is 2.34. The van der Waals surface area contributed by atoms with Crippen molar-refractivity contribution in [2.75, 3.05) is 32.9 Å². The largest absolute Gasteiger partial charge is 0.354 e. The van der Waals surface area contributed by atoms with Gasteiger partial charge in [-0.3, -0.25) is 4.99 Å². The summed E-state index contributed by atoms with van der Waals surface area (Å²) in [7, 11) is -1.47. The lowest BCUT2D eigenvalue weighted by Gasteiger charge is -2.40. The molecule has 1 fully saturated rings. The molecule has 6 nitrogen and oxygen atoms in total. The minimum Gasteiger partial charge on any atom is -0.354 e. The molecule has 0 aromatic heterocycles. The lowest BCUT2D eigenvalue weighted by atomic mass is 9.79. The van der Waals surface area contributed by atoms with Gasteiger partial charge in [-0.15, -0.1) is 24.0 Å². The maximum Gasteiger partial charge on any atom is 0.209 e. The summed E-state index contributed by atoms with van der Waals surface area (Å²) in [5.41, 5.74) is 0.834. The van der Waals surface area contributed by atoms with Gasteiger partial charge in [0.1, 0.15) is 0 Å². The number of likely N-dealkylation sites (tertiary alicyclic amines) is 1. The quantitative estimate of drug-likeness (QED) is 0.342. The second-order valence-electron chi connectivity index (χ2n) is 8.08. The molecule has 1 saturated heterocycles. The van der Waals surface area contributed by atoms with E-state index in [0.29, 0.717) is 18.4 Å². The number of benzene rings is 1. The van der Waals surface area contributed by atoms with Crippen molar-refractivity contribution in [2.45, 2.75) is 45.1 Å². The zero-order chi connectivity index (χ0) is 20.1. The van der Waals surface area contributed by atoms with E-state index in [4.69, 9.17) is 0 Å². The Morgan fingerprint density at radius 2 is 1.93 bits per heavy atom. The molecule has 0 aliphatic carbocycles. The summed E-state index contributed by atoms with van der Waals surface area (Å²) in [6.45, 7) is 8.35. The van der Waals surface area contributed by atoms with Crippen LogP contribution in [0.2, 0.25) is 0 Å². The van der Waals surface area contributed by atoms with Gasteiger partial charge in [-0.25, -0.2) is 13.1 Å². The van der Waals surface area contributed by atoms with E-state index >= 15 is 0 Å². The first-order chi connectivity index (χ1) is 12.6. The number of nitrogens with zero attached hydrogens (tertiary/aromatic N) is 2. The van der Waals surface area contributed by atoms with Crippen LogP contribution in [0, 0.1) is 5.92 Å². The Hall–Kier alpha value is -0.870. The lowest BCUT2D eigenvalue weighted by molar-refractivity contribution is 0.214. The average Bonchev–Trinajstić information content (AvgIpc) is 2.60.